The first-order chi connectivity index (χ1) is 8.58. The van der Waals surface area contributed by atoms with Crippen molar-refractivity contribution in [3.63, 3.8) is 0 Å². The summed E-state index contributed by atoms with van der Waals surface area (Å²) in [5.74, 6) is 0.658. The molecule has 5 heteroatoms. The minimum atomic E-state index is -0.828. The summed E-state index contributed by atoms with van der Waals surface area (Å²) >= 11 is 0. The monoisotopic (exact) mass is 251 g/mol. The molecule has 0 saturated carbocycles. The lowest BCUT2D eigenvalue weighted by molar-refractivity contribution is -0.140. The molecule has 0 aliphatic carbocycles. The molecule has 1 aliphatic rings. The molecule has 0 aromatic heterocycles. The van der Waals surface area contributed by atoms with E-state index in [1.54, 1.807) is 0 Å². The Kier molecular flexibility index (Phi) is 3.72. The van der Waals surface area contributed by atoms with Crippen LogP contribution in [0.1, 0.15) is 19.4 Å². The normalized spacial score (nSPS) is 14.8. The number of nitrogens with one attached hydrogen (secondary N) is 1. The van der Waals surface area contributed by atoms with Gasteiger partial charge in [-0.2, -0.15) is 0 Å². The number of hydrogen-bond acceptors (Lipinski definition) is 4. The van der Waals surface area contributed by atoms with E-state index < -0.39 is 12.0 Å². The number of carbonyl (C=O) groups is 1. The molecule has 0 unspecified atom stereocenters. The van der Waals surface area contributed by atoms with E-state index in [2.05, 4.69) is 5.32 Å². The Bertz CT molecular complexity index is 445. The van der Waals surface area contributed by atoms with Crippen LogP contribution in [0.25, 0.3) is 0 Å². The van der Waals surface area contributed by atoms with Crippen LogP contribution < -0.4 is 14.8 Å². The van der Waals surface area contributed by atoms with E-state index in [1.807, 2.05) is 32.0 Å². The van der Waals surface area contributed by atoms with Gasteiger partial charge in [0.1, 0.15) is 6.04 Å². The summed E-state index contributed by atoms with van der Waals surface area (Å²) in [7, 11) is 0. The van der Waals surface area contributed by atoms with Crippen molar-refractivity contribution in [2.75, 3.05) is 6.79 Å². The lowest BCUT2D eigenvalue weighted by atomic mass is 10.0. The highest BCUT2D eigenvalue weighted by Crippen LogP contribution is 2.32. The van der Waals surface area contributed by atoms with Gasteiger partial charge in [-0.3, -0.25) is 4.79 Å². The third-order valence-electron chi connectivity index (χ3n) is 2.90. The number of ether oxygens (including phenoxy) is 2. The Hall–Kier alpha value is -1.75. The van der Waals surface area contributed by atoms with Gasteiger partial charge in [0.2, 0.25) is 6.79 Å². The molecule has 2 N–H and O–H groups in total. The Labute approximate surface area is 106 Å². The molecule has 18 heavy (non-hydrogen) atoms. The number of hydrogen-bond donors (Lipinski definition) is 2. The average Bonchev–Trinajstić information content (AvgIpc) is 2.75. The molecular formula is C13H17NO4. The van der Waals surface area contributed by atoms with Crippen LogP contribution in [0.5, 0.6) is 11.5 Å². The molecule has 0 saturated heterocycles. The quantitative estimate of drug-likeness (QED) is 0.832. The largest absolute Gasteiger partial charge is 0.480 e. The number of aliphatic carboxylic acids is 1. The van der Waals surface area contributed by atoms with Gasteiger partial charge in [-0.25, -0.2) is 0 Å². The van der Waals surface area contributed by atoms with Gasteiger partial charge in [-0.1, -0.05) is 19.9 Å². The van der Waals surface area contributed by atoms with E-state index >= 15 is 0 Å². The van der Waals surface area contributed by atoms with Crippen molar-refractivity contribution in [3.05, 3.63) is 23.8 Å². The molecule has 0 radical (unpaired) electrons. The molecule has 98 valence electrons. The zero-order chi connectivity index (χ0) is 13.1. The first kappa shape index (κ1) is 12.7. The van der Waals surface area contributed by atoms with E-state index in [0.717, 1.165) is 11.3 Å². The summed E-state index contributed by atoms with van der Waals surface area (Å²) in [4.78, 5) is 11.0. The van der Waals surface area contributed by atoms with Gasteiger partial charge >= 0.3 is 5.97 Å². The second-order valence-electron chi connectivity index (χ2n) is 4.63. The standard InChI is InChI=1S/C13H17NO4/c1-8(2)12(13(15)16)14-6-9-3-4-10-11(5-9)18-7-17-10/h3-5,8,12,14H,6-7H2,1-2H3,(H,15,16)/t12-/m1/s1. The van der Waals surface area contributed by atoms with E-state index in [-0.39, 0.29) is 12.7 Å². The fourth-order valence-corrected chi connectivity index (χ4v) is 1.89. The zero-order valence-electron chi connectivity index (χ0n) is 10.5. The summed E-state index contributed by atoms with van der Waals surface area (Å²) in [6.45, 7) is 4.50. The maximum atomic E-state index is 11.0. The predicted molar refractivity (Wildman–Crippen MR) is 65.7 cm³/mol. The Balaban J connectivity index is 1.99. The van der Waals surface area contributed by atoms with Gasteiger partial charge in [0.15, 0.2) is 11.5 Å². The fourth-order valence-electron chi connectivity index (χ4n) is 1.89. The highest BCUT2D eigenvalue weighted by molar-refractivity contribution is 5.73. The summed E-state index contributed by atoms with van der Waals surface area (Å²) < 4.78 is 10.5. The van der Waals surface area contributed by atoms with Crippen molar-refractivity contribution in [2.45, 2.75) is 26.4 Å². The van der Waals surface area contributed by atoms with Crippen molar-refractivity contribution in [1.82, 2.24) is 5.32 Å². The van der Waals surface area contributed by atoms with Crippen molar-refractivity contribution >= 4 is 5.97 Å². The van der Waals surface area contributed by atoms with Crippen molar-refractivity contribution < 1.29 is 19.4 Å². The third kappa shape index (κ3) is 2.73. The smallest absolute Gasteiger partial charge is 0.320 e. The summed E-state index contributed by atoms with van der Waals surface area (Å²) in [5.41, 5.74) is 0.978. The highest BCUT2D eigenvalue weighted by atomic mass is 16.7. The minimum absolute atomic E-state index is 0.0384. The first-order valence-corrected chi connectivity index (χ1v) is 5.92. The summed E-state index contributed by atoms with van der Waals surface area (Å²) in [5, 5.41) is 12.1. The average molecular weight is 251 g/mol. The van der Waals surface area contributed by atoms with Crippen molar-refractivity contribution in [3.8, 4) is 11.5 Å². The summed E-state index contributed by atoms with van der Waals surface area (Å²) in [6, 6.07) is 5.06. The maximum Gasteiger partial charge on any atom is 0.320 e. The number of benzene rings is 1. The zero-order valence-corrected chi connectivity index (χ0v) is 10.5. The Morgan fingerprint density at radius 3 is 2.78 bits per heavy atom. The SMILES string of the molecule is CC(C)[C@@H](NCc1ccc2c(c1)OCO2)C(=O)O. The van der Waals surface area contributed by atoms with Crippen LogP contribution in [0.3, 0.4) is 0 Å². The Morgan fingerprint density at radius 2 is 2.11 bits per heavy atom. The molecule has 0 spiro atoms. The van der Waals surface area contributed by atoms with Crippen LogP contribution in [0, 0.1) is 5.92 Å². The first-order valence-electron chi connectivity index (χ1n) is 5.92. The van der Waals surface area contributed by atoms with Crippen LogP contribution in [0.2, 0.25) is 0 Å². The van der Waals surface area contributed by atoms with Crippen LogP contribution in [-0.4, -0.2) is 23.9 Å². The maximum absolute atomic E-state index is 11.0. The van der Waals surface area contributed by atoms with Crippen LogP contribution in [-0.2, 0) is 11.3 Å². The predicted octanol–water partition coefficient (Wildman–Crippen LogP) is 1.61. The van der Waals surface area contributed by atoms with E-state index in [9.17, 15) is 4.79 Å². The van der Waals surface area contributed by atoms with Crippen LogP contribution >= 0.6 is 0 Å². The molecule has 0 bridgehead atoms. The highest BCUT2D eigenvalue weighted by Gasteiger charge is 2.21. The van der Waals surface area contributed by atoms with Gasteiger partial charge in [-0.15, -0.1) is 0 Å². The van der Waals surface area contributed by atoms with Gasteiger partial charge < -0.3 is 19.9 Å². The molecule has 1 atom stereocenters. The molecule has 1 aliphatic heterocycles. The minimum Gasteiger partial charge on any atom is -0.480 e. The molecule has 0 fully saturated rings. The molecule has 1 heterocycles. The molecule has 5 nitrogen and oxygen atoms in total. The number of carboxylic acids is 1. The van der Waals surface area contributed by atoms with Crippen molar-refractivity contribution in [2.24, 2.45) is 5.92 Å². The lowest BCUT2D eigenvalue weighted by Gasteiger charge is -2.17. The second kappa shape index (κ2) is 5.27. The van der Waals surface area contributed by atoms with E-state index in [0.29, 0.717) is 12.3 Å². The van der Waals surface area contributed by atoms with Gasteiger partial charge in [0, 0.05) is 6.54 Å². The third-order valence-corrected chi connectivity index (χ3v) is 2.90. The van der Waals surface area contributed by atoms with Gasteiger partial charge in [0.05, 0.1) is 0 Å². The van der Waals surface area contributed by atoms with E-state index in [4.69, 9.17) is 14.6 Å². The van der Waals surface area contributed by atoms with Crippen LogP contribution in [0.4, 0.5) is 0 Å². The summed E-state index contributed by atoms with van der Waals surface area (Å²) in [6.07, 6.45) is 0. The number of carboxylic acid groups (broad SMARTS) is 1. The molecule has 1 aromatic carbocycles. The molecule has 1 aromatic rings. The topological polar surface area (TPSA) is 67.8 Å². The number of fused-ring (bicyclic) bond motifs is 1. The molecule has 0 amide bonds. The molecule has 2 rings (SSSR count). The van der Waals surface area contributed by atoms with Gasteiger partial charge in [0.25, 0.3) is 0 Å². The van der Waals surface area contributed by atoms with Crippen LogP contribution in [0.15, 0.2) is 18.2 Å². The molecular weight excluding hydrogens is 234 g/mol. The Morgan fingerprint density at radius 1 is 1.39 bits per heavy atom. The van der Waals surface area contributed by atoms with Crippen molar-refractivity contribution in [1.29, 1.82) is 0 Å². The number of rotatable bonds is 5. The van der Waals surface area contributed by atoms with E-state index in [1.165, 1.54) is 0 Å². The second-order valence-corrected chi connectivity index (χ2v) is 4.63. The van der Waals surface area contributed by atoms with Gasteiger partial charge in [-0.05, 0) is 23.6 Å². The fraction of sp³-hybridized carbons (Fsp3) is 0.462. The lowest BCUT2D eigenvalue weighted by Crippen LogP contribution is -2.40.